The average Bonchev–Trinajstić information content (AvgIpc) is 2.92. The predicted octanol–water partition coefficient (Wildman–Crippen LogP) is 4.23. The Hall–Kier alpha value is -3.28. The van der Waals surface area contributed by atoms with Gasteiger partial charge in [0.1, 0.15) is 0 Å². The molecule has 0 atom stereocenters. The lowest BCUT2D eigenvalue weighted by Crippen LogP contribution is -1.99. The SMILES string of the molecule is O=[N+]([O-])c1ccc2ccc3c(c2c1[N+](=O)[O-])Cc1ccccc1-3. The highest BCUT2D eigenvalue weighted by atomic mass is 16.6. The molecule has 23 heavy (non-hydrogen) atoms. The van der Waals surface area contributed by atoms with Gasteiger partial charge in [0, 0.05) is 6.07 Å². The number of hydrogen-bond donors (Lipinski definition) is 0. The van der Waals surface area contributed by atoms with E-state index in [1.165, 1.54) is 6.07 Å². The molecule has 0 saturated carbocycles. The number of nitrogens with zero attached hydrogens (tertiary/aromatic N) is 2. The van der Waals surface area contributed by atoms with E-state index >= 15 is 0 Å². The summed E-state index contributed by atoms with van der Waals surface area (Å²) in [5.74, 6) is 0. The van der Waals surface area contributed by atoms with Gasteiger partial charge in [-0.2, -0.15) is 0 Å². The zero-order valence-electron chi connectivity index (χ0n) is 11.9. The molecule has 0 saturated heterocycles. The third-order valence-corrected chi connectivity index (χ3v) is 4.30. The summed E-state index contributed by atoms with van der Waals surface area (Å²) in [5, 5.41) is 23.7. The molecule has 1 aliphatic rings. The van der Waals surface area contributed by atoms with Gasteiger partial charge < -0.3 is 0 Å². The first-order valence-corrected chi connectivity index (χ1v) is 7.03. The first-order chi connectivity index (χ1) is 11.1. The molecule has 112 valence electrons. The summed E-state index contributed by atoms with van der Waals surface area (Å²) in [6.07, 6.45) is 0.546. The number of fused-ring (bicyclic) bond motifs is 5. The molecule has 0 fully saturated rings. The van der Waals surface area contributed by atoms with Crippen LogP contribution in [0.15, 0.2) is 48.5 Å². The maximum Gasteiger partial charge on any atom is 0.354 e. The summed E-state index contributed by atoms with van der Waals surface area (Å²) in [5.41, 5.74) is 2.93. The van der Waals surface area contributed by atoms with Crippen LogP contribution >= 0.6 is 0 Å². The van der Waals surface area contributed by atoms with Gasteiger partial charge in [-0.05, 0) is 40.1 Å². The number of hydrogen-bond acceptors (Lipinski definition) is 4. The van der Waals surface area contributed by atoms with Crippen LogP contribution in [0.25, 0.3) is 21.9 Å². The van der Waals surface area contributed by atoms with Gasteiger partial charge in [-0.25, -0.2) is 0 Å². The molecule has 3 aromatic carbocycles. The lowest BCUT2D eigenvalue weighted by atomic mass is 9.97. The minimum absolute atomic E-state index is 0.373. The van der Waals surface area contributed by atoms with Crippen molar-refractivity contribution in [2.45, 2.75) is 6.42 Å². The van der Waals surface area contributed by atoms with Crippen LogP contribution < -0.4 is 0 Å². The molecule has 6 heteroatoms. The summed E-state index contributed by atoms with van der Waals surface area (Å²) in [6.45, 7) is 0. The van der Waals surface area contributed by atoms with Crippen molar-refractivity contribution in [1.29, 1.82) is 0 Å². The van der Waals surface area contributed by atoms with Gasteiger partial charge >= 0.3 is 11.4 Å². The molecule has 6 nitrogen and oxygen atoms in total. The van der Waals surface area contributed by atoms with Crippen molar-refractivity contribution in [3.8, 4) is 11.1 Å². The van der Waals surface area contributed by atoms with E-state index in [2.05, 4.69) is 0 Å². The third-order valence-electron chi connectivity index (χ3n) is 4.30. The highest BCUT2D eigenvalue weighted by Gasteiger charge is 2.31. The highest BCUT2D eigenvalue weighted by Crippen LogP contribution is 2.45. The lowest BCUT2D eigenvalue weighted by molar-refractivity contribution is -0.421. The Morgan fingerprint density at radius 3 is 2.30 bits per heavy atom. The first-order valence-electron chi connectivity index (χ1n) is 7.03. The van der Waals surface area contributed by atoms with Crippen LogP contribution in [0.4, 0.5) is 11.4 Å². The molecule has 0 aliphatic heterocycles. The number of nitro benzene ring substituents is 2. The Bertz CT molecular complexity index is 1010. The molecule has 0 unspecified atom stereocenters. The topological polar surface area (TPSA) is 86.3 Å². The summed E-state index contributed by atoms with van der Waals surface area (Å²) < 4.78 is 0. The predicted molar refractivity (Wildman–Crippen MR) is 85.5 cm³/mol. The van der Waals surface area contributed by atoms with Crippen molar-refractivity contribution in [3.63, 3.8) is 0 Å². The molecule has 0 spiro atoms. The molecule has 0 N–H and O–H groups in total. The second-order valence-corrected chi connectivity index (χ2v) is 5.47. The van der Waals surface area contributed by atoms with Gasteiger partial charge in [-0.1, -0.05) is 36.4 Å². The van der Waals surface area contributed by atoms with Gasteiger partial charge in [0.25, 0.3) is 0 Å². The Morgan fingerprint density at radius 2 is 1.57 bits per heavy atom. The lowest BCUT2D eigenvalue weighted by Gasteiger charge is -2.07. The summed E-state index contributed by atoms with van der Waals surface area (Å²) in [6, 6.07) is 14.3. The van der Waals surface area contributed by atoms with Gasteiger partial charge in [0.15, 0.2) is 0 Å². The summed E-state index contributed by atoms with van der Waals surface area (Å²) in [4.78, 5) is 21.4. The Kier molecular flexibility index (Phi) is 2.68. The highest BCUT2D eigenvalue weighted by molar-refractivity contribution is 6.02. The van der Waals surface area contributed by atoms with Gasteiger partial charge in [0.2, 0.25) is 0 Å². The zero-order chi connectivity index (χ0) is 16.1. The fourth-order valence-corrected chi connectivity index (χ4v) is 3.36. The third kappa shape index (κ3) is 1.81. The Labute approximate surface area is 130 Å². The number of rotatable bonds is 2. The van der Waals surface area contributed by atoms with Crippen molar-refractivity contribution in [1.82, 2.24) is 0 Å². The molecule has 1 aliphatic carbocycles. The van der Waals surface area contributed by atoms with Crippen LogP contribution in [0.5, 0.6) is 0 Å². The van der Waals surface area contributed by atoms with E-state index in [0.717, 1.165) is 22.3 Å². The van der Waals surface area contributed by atoms with Crippen LogP contribution in [0.1, 0.15) is 11.1 Å². The molecule has 4 rings (SSSR count). The van der Waals surface area contributed by atoms with Crippen LogP contribution in [0.3, 0.4) is 0 Å². The quantitative estimate of drug-likeness (QED) is 0.409. The average molecular weight is 306 g/mol. The smallest absolute Gasteiger partial charge is 0.258 e. The maximum absolute atomic E-state index is 11.5. The Balaban J connectivity index is 2.14. The van der Waals surface area contributed by atoms with E-state index < -0.39 is 21.2 Å². The van der Waals surface area contributed by atoms with Crippen LogP contribution in [-0.2, 0) is 6.42 Å². The van der Waals surface area contributed by atoms with E-state index in [0.29, 0.717) is 17.2 Å². The molecular weight excluding hydrogens is 296 g/mol. The van der Waals surface area contributed by atoms with Gasteiger partial charge in [0.05, 0.1) is 15.2 Å². The monoisotopic (exact) mass is 306 g/mol. The standard InChI is InChI=1S/C17H10N2O4/c20-18(21)15-8-6-10-5-7-13-12-4-2-1-3-11(12)9-14(13)16(10)17(15)19(22)23/h1-8H,9H2. The van der Waals surface area contributed by atoms with E-state index in [1.807, 2.05) is 30.3 Å². The second kappa shape index (κ2) is 4.61. The molecule has 3 aromatic rings. The van der Waals surface area contributed by atoms with Crippen molar-refractivity contribution >= 4 is 22.1 Å². The van der Waals surface area contributed by atoms with E-state index in [4.69, 9.17) is 0 Å². The normalized spacial score (nSPS) is 12.0. The minimum Gasteiger partial charge on any atom is -0.258 e. The first kappa shape index (κ1) is 13.4. The molecule has 0 amide bonds. The van der Waals surface area contributed by atoms with Crippen molar-refractivity contribution in [2.24, 2.45) is 0 Å². The van der Waals surface area contributed by atoms with Crippen molar-refractivity contribution in [2.75, 3.05) is 0 Å². The van der Waals surface area contributed by atoms with Crippen molar-refractivity contribution < 1.29 is 9.85 Å². The van der Waals surface area contributed by atoms with Crippen LogP contribution in [-0.4, -0.2) is 9.85 Å². The Morgan fingerprint density at radius 1 is 0.826 bits per heavy atom. The summed E-state index contributed by atoms with van der Waals surface area (Å²) in [7, 11) is 0. The minimum atomic E-state index is -0.695. The maximum atomic E-state index is 11.5. The number of nitro groups is 2. The van der Waals surface area contributed by atoms with Crippen molar-refractivity contribution in [3.05, 3.63) is 79.9 Å². The molecule has 0 bridgehead atoms. The zero-order valence-corrected chi connectivity index (χ0v) is 11.9. The van der Waals surface area contributed by atoms with Gasteiger partial charge in [-0.15, -0.1) is 0 Å². The van der Waals surface area contributed by atoms with E-state index in [9.17, 15) is 20.2 Å². The molecule has 0 radical (unpaired) electrons. The molecule has 0 aromatic heterocycles. The fourth-order valence-electron chi connectivity index (χ4n) is 3.36. The second-order valence-electron chi connectivity index (χ2n) is 5.47. The van der Waals surface area contributed by atoms with E-state index in [-0.39, 0.29) is 0 Å². The van der Waals surface area contributed by atoms with Crippen LogP contribution in [0.2, 0.25) is 0 Å². The van der Waals surface area contributed by atoms with E-state index in [1.54, 1.807) is 12.1 Å². The molecular formula is C17H10N2O4. The van der Waals surface area contributed by atoms with Gasteiger partial charge in [-0.3, -0.25) is 20.2 Å². The summed E-state index contributed by atoms with van der Waals surface area (Å²) >= 11 is 0. The largest absolute Gasteiger partial charge is 0.354 e. The fraction of sp³-hybridized carbons (Fsp3) is 0.0588. The number of benzene rings is 3. The van der Waals surface area contributed by atoms with Crippen LogP contribution in [0, 0.1) is 20.2 Å². The molecule has 0 heterocycles.